The van der Waals surface area contributed by atoms with Gasteiger partial charge in [0.05, 0.1) is 0 Å². The van der Waals surface area contributed by atoms with Gasteiger partial charge in [0.2, 0.25) is 0 Å². The molecule has 0 aromatic heterocycles. The molecule has 1 unspecified atom stereocenters. The van der Waals surface area contributed by atoms with Crippen LogP contribution in [0.25, 0.3) is 0 Å². The Hall–Kier alpha value is -0.220. The first kappa shape index (κ1) is 11.9. The van der Waals surface area contributed by atoms with Crippen LogP contribution in [-0.2, 0) is 4.79 Å². The van der Waals surface area contributed by atoms with Crippen molar-refractivity contribution >= 4 is 17.7 Å². The van der Waals surface area contributed by atoms with E-state index in [1.54, 1.807) is 11.8 Å². The van der Waals surface area contributed by atoms with Crippen LogP contribution in [0.1, 0.15) is 27.2 Å². The van der Waals surface area contributed by atoms with E-state index in [1.807, 2.05) is 20.8 Å². The SMILES string of the molecule is CCNC1(C(=O)O)CSCCC1(C)C. The zero-order chi connectivity index (χ0) is 10.8. The summed E-state index contributed by atoms with van der Waals surface area (Å²) in [5.41, 5.74) is -0.912. The van der Waals surface area contributed by atoms with Crippen molar-refractivity contribution in [1.29, 1.82) is 0 Å². The van der Waals surface area contributed by atoms with E-state index in [9.17, 15) is 9.90 Å². The highest BCUT2D eigenvalue weighted by molar-refractivity contribution is 7.99. The Bertz CT molecular complexity index is 226. The second-order valence-electron chi connectivity index (χ2n) is 4.43. The van der Waals surface area contributed by atoms with Crippen molar-refractivity contribution in [2.75, 3.05) is 18.1 Å². The van der Waals surface area contributed by atoms with Gasteiger partial charge in [-0.3, -0.25) is 4.79 Å². The molecule has 1 rings (SSSR count). The number of carboxylic acid groups (broad SMARTS) is 1. The van der Waals surface area contributed by atoms with Crippen molar-refractivity contribution in [1.82, 2.24) is 5.32 Å². The van der Waals surface area contributed by atoms with Gasteiger partial charge in [-0.2, -0.15) is 11.8 Å². The van der Waals surface area contributed by atoms with Gasteiger partial charge in [0.1, 0.15) is 5.54 Å². The fourth-order valence-electron chi connectivity index (χ4n) is 1.98. The van der Waals surface area contributed by atoms with Gasteiger partial charge in [-0.15, -0.1) is 0 Å². The minimum absolute atomic E-state index is 0.167. The number of carbonyl (C=O) groups is 1. The van der Waals surface area contributed by atoms with Crippen LogP contribution in [0.4, 0.5) is 0 Å². The van der Waals surface area contributed by atoms with E-state index in [1.165, 1.54) is 0 Å². The first-order valence-corrected chi connectivity index (χ1v) is 6.18. The van der Waals surface area contributed by atoms with Gasteiger partial charge >= 0.3 is 5.97 Å². The van der Waals surface area contributed by atoms with Gasteiger partial charge in [-0.05, 0) is 24.1 Å². The topological polar surface area (TPSA) is 49.3 Å². The van der Waals surface area contributed by atoms with Gasteiger partial charge in [-0.1, -0.05) is 20.8 Å². The van der Waals surface area contributed by atoms with Crippen LogP contribution in [0, 0.1) is 5.41 Å². The number of carboxylic acids is 1. The van der Waals surface area contributed by atoms with E-state index in [4.69, 9.17) is 0 Å². The normalized spacial score (nSPS) is 31.4. The van der Waals surface area contributed by atoms with E-state index >= 15 is 0 Å². The van der Waals surface area contributed by atoms with Gasteiger partial charge < -0.3 is 10.4 Å². The van der Waals surface area contributed by atoms with Crippen molar-refractivity contribution in [2.45, 2.75) is 32.7 Å². The minimum Gasteiger partial charge on any atom is -0.480 e. The number of hydrogen-bond donors (Lipinski definition) is 2. The second-order valence-corrected chi connectivity index (χ2v) is 5.53. The third kappa shape index (κ3) is 1.77. The van der Waals surface area contributed by atoms with Crippen LogP contribution in [-0.4, -0.2) is 34.7 Å². The van der Waals surface area contributed by atoms with Crippen molar-refractivity contribution in [3.8, 4) is 0 Å². The van der Waals surface area contributed by atoms with Gasteiger partial charge in [0, 0.05) is 5.75 Å². The maximum atomic E-state index is 11.4. The van der Waals surface area contributed by atoms with Crippen LogP contribution in [0.15, 0.2) is 0 Å². The van der Waals surface area contributed by atoms with Crippen molar-refractivity contribution in [3.05, 3.63) is 0 Å². The quantitative estimate of drug-likeness (QED) is 0.753. The average molecular weight is 217 g/mol. The molecule has 82 valence electrons. The summed E-state index contributed by atoms with van der Waals surface area (Å²) in [7, 11) is 0. The van der Waals surface area contributed by atoms with Crippen LogP contribution in [0.2, 0.25) is 0 Å². The first-order chi connectivity index (χ1) is 6.46. The van der Waals surface area contributed by atoms with Crippen LogP contribution in [0.5, 0.6) is 0 Å². The zero-order valence-electron chi connectivity index (χ0n) is 9.09. The second kappa shape index (κ2) is 4.11. The number of likely N-dealkylation sites (N-methyl/N-ethyl adjacent to an activating group) is 1. The Labute approximate surface area is 89.6 Å². The van der Waals surface area contributed by atoms with Gasteiger partial charge in [0.15, 0.2) is 0 Å². The fourth-order valence-corrected chi connectivity index (χ4v) is 3.70. The summed E-state index contributed by atoms with van der Waals surface area (Å²) in [6.45, 7) is 6.75. The standard InChI is InChI=1S/C10H19NO2S/c1-4-11-10(8(12)13)7-14-6-5-9(10,2)3/h11H,4-7H2,1-3H3,(H,12,13). The third-order valence-corrected chi connectivity index (χ3v) is 4.32. The Kier molecular flexibility index (Phi) is 3.48. The van der Waals surface area contributed by atoms with Crippen LogP contribution >= 0.6 is 11.8 Å². The minimum atomic E-state index is -0.745. The predicted molar refractivity (Wildman–Crippen MR) is 59.8 cm³/mol. The highest BCUT2D eigenvalue weighted by Gasteiger charge is 2.52. The Morgan fingerprint density at radius 1 is 1.57 bits per heavy atom. The Balaban J connectivity index is 2.98. The predicted octanol–water partition coefficient (Wildman–Crippen LogP) is 1.58. The lowest BCUT2D eigenvalue weighted by molar-refractivity contribution is -0.149. The monoisotopic (exact) mass is 217 g/mol. The van der Waals surface area contributed by atoms with Crippen molar-refractivity contribution in [3.63, 3.8) is 0 Å². The van der Waals surface area contributed by atoms with Crippen LogP contribution in [0.3, 0.4) is 0 Å². The lowest BCUT2D eigenvalue weighted by Gasteiger charge is -2.47. The molecule has 0 saturated carbocycles. The molecule has 0 spiro atoms. The molecule has 1 fully saturated rings. The average Bonchev–Trinajstić information content (AvgIpc) is 2.08. The molecule has 0 aromatic carbocycles. The first-order valence-electron chi connectivity index (χ1n) is 5.02. The number of hydrogen-bond acceptors (Lipinski definition) is 3. The molecule has 0 amide bonds. The molecule has 1 heterocycles. The third-order valence-electron chi connectivity index (χ3n) is 3.19. The summed E-state index contributed by atoms with van der Waals surface area (Å²) in [4.78, 5) is 11.4. The van der Waals surface area contributed by atoms with Crippen LogP contribution < -0.4 is 5.32 Å². The maximum Gasteiger partial charge on any atom is 0.325 e. The van der Waals surface area contributed by atoms with E-state index in [0.29, 0.717) is 12.3 Å². The molecule has 1 aliphatic heterocycles. The number of aliphatic carboxylic acids is 1. The highest BCUT2D eigenvalue weighted by atomic mass is 32.2. The molecule has 4 heteroatoms. The number of rotatable bonds is 3. The van der Waals surface area contributed by atoms with E-state index in [0.717, 1.165) is 12.2 Å². The number of nitrogens with one attached hydrogen (secondary N) is 1. The molecular formula is C10H19NO2S. The lowest BCUT2D eigenvalue weighted by atomic mass is 9.71. The number of thioether (sulfide) groups is 1. The molecule has 2 N–H and O–H groups in total. The summed E-state index contributed by atoms with van der Waals surface area (Å²) in [5.74, 6) is 1.02. The van der Waals surface area contributed by atoms with Crippen molar-refractivity contribution in [2.24, 2.45) is 5.41 Å². The van der Waals surface area contributed by atoms with E-state index in [2.05, 4.69) is 5.32 Å². The molecule has 0 bridgehead atoms. The van der Waals surface area contributed by atoms with E-state index in [-0.39, 0.29) is 5.41 Å². The molecule has 3 nitrogen and oxygen atoms in total. The summed E-state index contributed by atoms with van der Waals surface area (Å²) in [6.07, 6.45) is 0.955. The molecule has 1 aliphatic rings. The lowest BCUT2D eigenvalue weighted by Crippen LogP contribution is -2.65. The summed E-state index contributed by atoms with van der Waals surface area (Å²) < 4.78 is 0. The Morgan fingerprint density at radius 3 is 2.64 bits per heavy atom. The zero-order valence-corrected chi connectivity index (χ0v) is 9.91. The van der Waals surface area contributed by atoms with Gasteiger partial charge in [-0.25, -0.2) is 0 Å². The smallest absolute Gasteiger partial charge is 0.325 e. The highest BCUT2D eigenvalue weighted by Crippen LogP contribution is 2.42. The summed E-state index contributed by atoms with van der Waals surface area (Å²) in [5, 5.41) is 12.5. The van der Waals surface area contributed by atoms with E-state index < -0.39 is 11.5 Å². The molecular weight excluding hydrogens is 198 g/mol. The summed E-state index contributed by atoms with van der Waals surface area (Å²) in [6, 6.07) is 0. The largest absolute Gasteiger partial charge is 0.480 e. The summed E-state index contributed by atoms with van der Waals surface area (Å²) >= 11 is 1.73. The molecule has 0 aromatic rings. The molecule has 1 atom stereocenters. The molecule has 0 radical (unpaired) electrons. The van der Waals surface area contributed by atoms with Crippen molar-refractivity contribution < 1.29 is 9.90 Å². The molecule has 1 saturated heterocycles. The maximum absolute atomic E-state index is 11.4. The fraction of sp³-hybridized carbons (Fsp3) is 0.900. The Morgan fingerprint density at radius 2 is 2.21 bits per heavy atom. The molecule has 0 aliphatic carbocycles. The van der Waals surface area contributed by atoms with Gasteiger partial charge in [0.25, 0.3) is 0 Å². The molecule has 14 heavy (non-hydrogen) atoms.